The first-order chi connectivity index (χ1) is 12.5. The highest BCUT2D eigenvalue weighted by Crippen LogP contribution is 2.21. The number of amides is 1. The van der Waals surface area contributed by atoms with Crippen LogP contribution in [0.25, 0.3) is 0 Å². The number of thiocarbonyl (C=S) groups is 1. The monoisotopic (exact) mass is 375 g/mol. The predicted octanol–water partition coefficient (Wildman–Crippen LogP) is 4.50. The van der Waals surface area contributed by atoms with E-state index in [4.69, 9.17) is 12.2 Å². The van der Waals surface area contributed by atoms with E-state index >= 15 is 0 Å². The van der Waals surface area contributed by atoms with Crippen LogP contribution in [0.3, 0.4) is 0 Å². The Morgan fingerprint density at radius 3 is 2.42 bits per heavy atom. The highest BCUT2D eigenvalue weighted by molar-refractivity contribution is 7.80. The van der Waals surface area contributed by atoms with Crippen molar-refractivity contribution < 1.29 is 4.79 Å². The molecule has 0 bridgehead atoms. The smallest absolute Gasteiger partial charge is 0.240 e. The van der Waals surface area contributed by atoms with Crippen LogP contribution in [0.1, 0.15) is 64.9 Å². The maximum absolute atomic E-state index is 12.3. The number of nitrogens with one attached hydrogen (secondary N) is 2. The average molecular weight is 376 g/mol. The molecule has 1 aromatic rings. The van der Waals surface area contributed by atoms with Gasteiger partial charge in [0.1, 0.15) is 0 Å². The minimum atomic E-state index is -0.0423. The number of hydrogen-bond donors (Lipinski definition) is 2. The van der Waals surface area contributed by atoms with E-state index in [2.05, 4.69) is 48.4 Å². The van der Waals surface area contributed by atoms with Crippen molar-refractivity contribution >= 4 is 28.9 Å². The highest BCUT2D eigenvalue weighted by atomic mass is 32.1. The van der Waals surface area contributed by atoms with Crippen molar-refractivity contribution in [3.63, 3.8) is 0 Å². The van der Waals surface area contributed by atoms with Crippen molar-refractivity contribution in [1.29, 1.82) is 0 Å². The standard InChI is InChI=1S/C21H33N3OS/c1-4-5-6-10-18-11-13-19(14-12-18)22-21(26)23-20(25)15-24-16(2)8-7-9-17(24)3/h11-14,16-17H,4-10,15H2,1-3H3,(H2,22,23,25,26). The van der Waals surface area contributed by atoms with Crippen LogP contribution in [-0.4, -0.2) is 34.5 Å². The van der Waals surface area contributed by atoms with Crippen molar-refractivity contribution in [2.75, 3.05) is 11.9 Å². The minimum Gasteiger partial charge on any atom is -0.332 e. The number of rotatable bonds is 7. The lowest BCUT2D eigenvalue weighted by Gasteiger charge is -2.38. The summed E-state index contributed by atoms with van der Waals surface area (Å²) in [6.07, 6.45) is 8.41. The number of hydrogen-bond acceptors (Lipinski definition) is 3. The van der Waals surface area contributed by atoms with E-state index in [-0.39, 0.29) is 5.91 Å². The van der Waals surface area contributed by atoms with Gasteiger partial charge in [-0.3, -0.25) is 9.69 Å². The molecule has 144 valence electrons. The van der Waals surface area contributed by atoms with Gasteiger partial charge in [0.05, 0.1) is 6.54 Å². The van der Waals surface area contributed by atoms with E-state index in [1.54, 1.807) is 0 Å². The summed E-state index contributed by atoms with van der Waals surface area (Å²) in [6, 6.07) is 9.19. The van der Waals surface area contributed by atoms with Crippen molar-refractivity contribution in [2.24, 2.45) is 0 Å². The van der Waals surface area contributed by atoms with E-state index in [0.717, 1.165) is 24.9 Å². The molecule has 26 heavy (non-hydrogen) atoms. The fourth-order valence-electron chi connectivity index (χ4n) is 3.61. The second-order valence-electron chi connectivity index (χ2n) is 7.46. The summed E-state index contributed by atoms with van der Waals surface area (Å²) in [5.41, 5.74) is 2.25. The summed E-state index contributed by atoms with van der Waals surface area (Å²) in [5.74, 6) is -0.0423. The molecule has 0 aliphatic carbocycles. The van der Waals surface area contributed by atoms with Crippen molar-refractivity contribution in [2.45, 2.75) is 77.8 Å². The summed E-state index contributed by atoms with van der Waals surface area (Å²) >= 11 is 5.30. The Bertz CT molecular complexity index is 577. The Morgan fingerprint density at radius 2 is 1.81 bits per heavy atom. The van der Waals surface area contributed by atoms with Gasteiger partial charge < -0.3 is 10.6 Å². The molecule has 2 unspecified atom stereocenters. The van der Waals surface area contributed by atoms with Crippen LogP contribution in [0, 0.1) is 0 Å². The molecule has 2 atom stereocenters. The molecule has 2 N–H and O–H groups in total. The summed E-state index contributed by atoms with van der Waals surface area (Å²) in [5, 5.41) is 6.29. The molecular formula is C21H33N3OS. The van der Waals surface area contributed by atoms with E-state index in [1.807, 2.05) is 12.1 Å². The number of anilines is 1. The first kappa shape index (κ1) is 20.8. The first-order valence-corrected chi connectivity index (χ1v) is 10.4. The zero-order valence-corrected chi connectivity index (χ0v) is 17.2. The van der Waals surface area contributed by atoms with E-state index in [9.17, 15) is 4.79 Å². The van der Waals surface area contributed by atoms with Gasteiger partial charge in [-0.15, -0.1) is 0 Å². The van der Waals surface area contributed by atoms with Gasteiger partial charge in [-0.2, -0.15) is 0 Å². The quantitative estimate of drug-likeness (QED) is 0.544. The number of unbranched alkanes of at least 4 members (excludes halogenated alkanes) is 2. The number of carbonyl (C=O) groups is 1. The van der Waals surface area contributed by atoms with Gasteiger partial charge in [-0.05, 0) is 69.4 Å². The molecule has 1 heterocycles. The maximum atomic E-state index is 12.3. The van der Waals surface area contributed by atoms with Gasteiger partial charge in [0.15, 0.2) is 5.11 Å². The Kier molecular flexibility index (Phi) is 8.52. The van der Waals surface area contributed by atoms with Crippen LogP contribution in [0.5, 0.6) is 0 Å². The number of nitrogens with zero attached hydrogens (tertiary/aromatic N) is 1. The lowest BCUT2D eigenvalue weighted by atomic mass is 9.97. The van der Waals surface area contributed by atoms with Gasteiger partial charge in [0.2, 0.25) is 5.91 Å². The van der Waals surface area contributed by atoms with Gasteiger partial charge in [0, 0.05) is 17.8 Å². The molecule has 1 fully saturated rings. The van der Waals surface area contributed by atoms with Crippen molar-refractivity contribution in [1.82, 2.24) is 10.2 Å². The van der Waals surface area contributed by atoms with Crippen LogP contribution in [0.4, 0.5) is 5.69 Å². The third-order valence-electron chi connectivity index (χ3n) is 5.24. The van der Waals surface area contributed by atoms with Gasteiger partial charge in [-0.1, -0.05) is 38.3 Å². The summed E-state index contributed by atoms with van der Waals surface area (Å²) in [4.78, 5) is 14.6. The minimum absolute atomic E-state index is 0.0423. The molecule has 1 aliphatic rings. The summed E-state index contributed by atoms with van der Waals surface area (Å²) in [7, 11) is 0. The molecule has 0 spiro atoms. The fraction of sp³-hybridized carbons (Fsp3) is 0.619. The molecule has 4 nitrogen and oxygen atoms in total. The van der Waals surface area contributed by atoms with Crippen molar-refractivity contribution in [3.8, 4) is 0 Å². The summed E-state index contributed by atoms with van der Waals surface area (Å²) < 4.78 is 0. The van der Waals surface area contributed by atoms with Gasteiger partial charge in [0.25, 0.3) is 0 Å². The molecule has 1 saturated heterocycles. The molecule has 1 amide bonds. The highest BCUT2D eigenvalue weighted by Gasteiger charge is 2.26. The Labute approximate surface area is 163 Å². The van der Waals surface area contributed by atoms with E-state index < -0.39 is 0 Å². The average Bonchev–Trinajstić information content (AvgIpc) is 2.60. The number of likely N-dealkylation sites (tertiary alicyclic amines) is 1. The zero-order valence-electron chi connectivity index (χ0n) is 16.4. The zero-order chi connectivity index (χ0) is 18.9. The SMILES string of the molecule is CCCCCc1ccc(NC(=S)NC(=O)CN2C(C)CCCC2C)cc1. The lowest BCUT2D eigenvalue weighted by Crippen LogP contribution is -2.50. The molecule has 1 aliphatic heterocycles. The molecule has 0 aromatic heterocycles. The van der Waals surface area contributed by atoms with Crippen LogP contribution >= 0.6 is 12.2 Å². The second kappa shape index (κ2) is 10.6. The fourth-order valence-corrected chi connectivity index (χ4v) is 3.85. The predicted molar refractivity (Wildman–Crippen MR) is 114 cm³/mol. The number of carbonyl (C=O) groups excluding carboxylic acids is 1. The van der Waals surface area contributed by atoms with Gasteiger partial charge in [-0.25, -0.2) is 0 Å². The maximum Gasteiger partial charge on any atom is 0.240 e. The first-order valence-electron chi connectivity index (χ1n) is 9.95. The second-order valence-corrected chi connectivity index (χ2v) is 7.87. The summed E-state index contributed by atoms with van der Waals surface area (Å²) in [6.45, 7) is 7.01. The molecule has 2 rings (SSSR count). The van der Waals surface area contributed by atoms with Gasteiger partial charge >= 0.3 is 0 Å². The normalized spacial score (nSPS) is 20.6. The number of piperidine rings is 1. The molecule has 1 aromatic carbocycles. The third kappa shape index (κ3) is 6.69. The van der Waals surface area contributed by atoms with Crippen molar-refractivity contribution in [3.05, 3.63) is 29.8 Å². The Hall–Kier alpha value is -1.46. The Morgan fingerprint density at radius 1 is 1.15 bits per heavy atom. The van der Waals surface area contributed by atoms with Crippen LogP contribution in [0.2, 0.25) is 0 Å². The largest absolute Gasteiger partial charge is 0.332 e. The number of benzene rings is 1. The van der Waals surface area contributed by atoms with Crippen LogP contribution in [-0.2, 0) is 11.2 Å². The van der Waals surface area contributed by atoms with E-state index in [0.29, 0.717) is 23.7 Å². The van der Waals surface area contributed by atoms with Crippen LogP contribution in [0.15, 0.2) is 24.3 Å². The third-order valence-corrected chi connectivity index (χ3v) is 5.44. The Balaban J connectivity index is 1.77. The lowest BCUT2D eigenvalue weighted by molar-refractivity contribution is -0.122. The van der Waals surface area contributed by atoms with E-state index in [1.165, 1.54) is 31.2 Å². The molecule has 0 radical (unpaired) electrons. The molecule has 0 saturated carbocycles. The topological polar surface area (TPSA) is 44.4 Å². The van der Waals surface area contributed by atoms with Crippen LogP contribution < -0.4 is 10.6 Å². The molecular weight excluding hydrogens is 342 g/mol. The number of aryl methyl sites for hydroxylation is 1. The molecule has 5 heteroatoms.